The minimum atomic E-state index is -0.469. The molecule has 0 unspecified atom stereocenters. The largest absolute Gasteiger partial charge is 0.0725 e. The van der Waals surface area contributed by atoms with Crippen molar-refractivity contribution in [3.8, 4) is 44.5 Å². The summed E-state index contributed by atoms with van der Waals surface area (Å²) in [6, 6.07) is 78.2. The van der Waals surface area contributed by atoms with Gasteiger partial charge in [-0.3, -0.25) is 0 Å². The van der Waals surface area contributed by atoms with Crippen LogP contribution in [0.25, 0.3) is 109 Å². The van der Waals surface area contributed by atoms with E-state index in [0.29, 0.717) is 0 Å². The average Bonchev–Trinajstić information content (AvgIpc) is 3.77. The standard InChI is InChI=1S/C59H34/c1-2-12-35(13-3-1)39-27-22-36-25-31-49-40(28-23-37-24-30-48(39)57(36)58(37)49)38-26-29-47-52-33-50-43-16-6-4-14-41(43)42-15-5-7-17-44(42)51(50)34-56(52)59(55(47)32-38)53-20-10-8-18-45(53)46-19-9-11-21-54(46)59/h1-34H. The van der Waals surface area contributed by atoms with Gasteiger partial charge in [-0.15, -0.1) is 0 Å². The van der Waals surface area contributed by atoms with Crippen molar-refractivity contribution in [3.05, 3.63) is 229 Å². The van der Waals surface area contributed by atoms with Crippen LogP contribution in [0, 0.1) is 0 Å². The first-order chi connectivity index (χ1) is 29.3. The van der Waals surface area contributed by atoms with Crippen molar-refractivity contribution in [1.29, 1.82) is 0 Å². The average molecular weight is 743 g/mol. The summed E-state index contributed by atoms with van der Waals surface area (Å²) in [6.45, 7) is 0. The third kappa shape index (κ3) is 3.94. The molecule has 12 aromatic carbocycles. The Morgan fingerprint density at radius 1 is 0.220 bits per heavy atom. The fourth-order valence-electron chi connectivity index (χ4n) is 11.6. The summed E-state index contributed by atoms with van der Waals surface area (Å²) in [6.07, 6.45) is 0. The molecule has 0 amide bonds. The molecule has 0 bridgehead atoms. The van der Waals surface area contributed by atoms with E-state index in [1.807, 2.05) is 0 Å². The van der Waals surface area contributed by atoms with Crippen molar-refractivity contribution in [2.24, 2.45) is 0 Å². The van der Waals surface area contributed by atoms with Crippen LogP contribution in [0.5, 0.6) is 0 Å². The van der Waals surface area contributed by atoms with Crippen LogP contribution >= 0.6 is 0 Å². The van der Waals surface area contributed by atoms with Gasteiger partial charge in [-0.05, 0) is 150 Å². The van der Waals surface area contributed by atoms with E-state index < -0.39 is 5.41 Å². The fraction of sp³-hybridized carbons (Fsp3) is 0.0169. The Morgan fingerprint density at radius 3 is 1.27 bits per heavy atom. The second-order valence-corrected chi connectivity index (χ2v) is 16.7. The molecule has 59 heavy (non-hydrogen) atoms. The summed E-state index contributed by atoms with van der Waals surface area (Å²) >= 11 is 0. The zero-order valence-corrected chi connectivity index (χ0v) is 32.1. The number of hydrogen-bond donors (Lipinski definition) is 0. The van der Waals surface area contributed by atoms with E-state index in [1.54, 1.807) is 0 Å². The Bertz CT molecular complexity index is 3730. The van der Waals surface area contributed by atoms with Crippen LogP contribution in [0.3, 0.4) is 0 Å². The quantitative estimate of drug-likeness (QED) is 0.155. The lowest BCUT2D eigenvalue weighted by Gasteiger charge is -2.31. The van der Waals surface area contributed by atoms with Gasteiger partial charge in [0.2, 0.25) is 0 Å². The molecule has 0 saturated heterocycles. The van der Waals surface area contributed by atoms with E-state index in [1.165, 1.54) is 131 Å². The first-order valence-corrected chi connectivity index (χ1v) is 20.8. The summed E-state index contributed by atoms with van der Waals surface area (Å²) in [5, 5.41) is 15.7. The Balaban J connectivity index is 1.09. The van der Waals surface area contributed by atoms with E-state index >= 15 is 0 Å². The maximum absolute atomic E-state index is 2.57. The maximum atomic E-state index is 2.57. The summed E-state index contributed by atoms with van der Waals surface area (Å²) < 4.78 is 0. The van der Waals surface area contributed by atoms with Crippen LogP contribution in [-0.2, 0) is 5.41 Å². The molecule has 0 heterocycles. The van der Waals surface area contributed by atoms with Crippen LogP contribution in [0.15, 0.2) is 206 Å². The maximum Gasteiger partial charge on any atom is 0.0725 e. The Morgan fingerprint density at radius 2 is 0.661 bits per heavy atom. The van der Waals surface area contributed by atoms with Crippen molar-refractivity contribution in [2.75, 3.05) is 0 Å². The van der Waals surface area contributed by atoms with Crippen LogP contribution in [0.4, 0.5) is 0 Å². The van der Waals surface area contributed by atoms with Gasteiger partial charge in [0.1, 0.15) is 0 Å². The van der Waals surface area contributed by atoms with Gasteiger partial charge in [-0.2, -0.15) is 0 Å². The second kappa shape index (κ2) is 11.3. The highest BCUT2D eigenvalue weighted by Gasteiger charge is 2.52. The Kier molecular flexibility index (Phi) is 6.05. The molecule has 0 atom stereocenters. The molecular formula is C59H34. The van der Waals surface area contributed by atoms with E-state index in [0.717, 1.165) is 0 Å². The van der Waals surface area contributed by atoms with Crippen LogP contribution in [-0.4, -0.2) is 0 Å². The van der Waals surface area contributed by atoms with Gasteiger partial charge in [-0.25, -0.2) is 0 Å². The molecule has 0 radical (unpaired) electrons. The molecular weight excluding hydrogens is 709 g/mol. The van der Waals surface area contributed by atoms with Gasteiger partial charge < -0.3 is 0 Å². The molecule has 0 fully saturated rings. The zero-order valence-electron chi connectivity index (χ0n) is 32.1. The van der Waals surface area contributed by atoms with Gasteiger partial charge in [0.15, 0.2) is 0 Å². The van der Waals surface area contributed by atoms with E-state index in [4.69, 9.17) is 0 Å². The minimum absolute atomic E-state index is 0.469. The summed E-state index contributed by atoms with van der Waals surface area (Å²) in [5.41, 5.74) is 15.4. The highest BCUT2D eigenvalue weighted by molar-refractivity contribution is 6.28. The van der Waals surface area contributed by atoms with E-state index in [9.17, 15) is 0 Å². The third-order valence-electron chi connectivity index (χ3n) is 14.0. The number of fused-ring (bicyclic) bond motifs is 16. The fourth-order valence-corrected chi connectivity index (χ4v) is 11.6. The van der Waals surface area contributed by atoms with Crippen LogP contribution in [0.2, 0.25) is 0 Å². The highest BCUT2D eigenvalue weighted by atomic mass is 14.5. The molecule has 0 aromatic heterocycles. The van der Waals surface area contributed by atoms with Crippen molar-refractivity contribution in [3.63, 3.8) is 0 Å². The molecule has 12 aromatic rings. The first kappa shape index (κ1) is 31.5. The van der Waals surface area contributed by atoms with Gasteiger partial charge in [0.25, 0.3) is 0 Å². The normalized spacial score (nSPS) is 13.6. The molecule has 0 N–H and O–H groups in total. The predicted octanol–water partition coefficient (Wildman–Crippen LogP) is 15.7. The van der Waals surface area contributed by atoms with Crippen molar-refractivity contribution < 1.29 is 0 Å². The SMILES string of the molecule is c1ccc(-c2ccc3ccc4c(-c5ccc6c(c5)C5(c7ccccc7-c7ccccc75)c5cc7c8ccccc8c8ccccc8c7cc5-6)ccc5ccc2c3c54)cc1. The molecule has 1 spiro atoms. The van der Waals surface area contributed by atoms with Gasteiger partial charge in [-0.1, -0.05) is 188 Å². The number of hydrogen-bond acceptors (Lipinski definition) is 0. The molecule has 2 aliphatic rings. The predicted molar refractivity (Wildman–Crippen MR) is 250 cm³/mol. The molecule has 0 nitrogen and oxygen atoms in total. The third-order valence-corrected chi connectivity index (χ3v) is 14.0. The second-order valence-electron chi connectivity index (χ2n) is 16.7. The van der Waals surface area contributed by atoms with Crippen molar-refractivity contribution in [2.45, 2.75) is 5.41 Å². The van der Waals surface area contributed by atoms with E-state index in [2.05, 4.69) is 206 Å². The van der Waals surface area contributed by atoms with Crippen LogP contribution in [0.1, 0.15) is 22.3 Å². The van der Waals surface area contributed by atoms with Crippen molar-refractivity contribution in [1.82, 2.24) is 0 Å². The number of benzene rings is 12. The molecule has 0 saturated carbocycles. The first-order valence-electron chi connectivity index (χ1n) is 20.8. The van der Waals surface area contributed by atoms with Crippen LogP contribution < -0.4 is 0 Å². The van der Waals surface area contributed by atoms with Gasteiger partial charge in [0, 0.05) is 0 Å². The molecule has 0 heteroatoms. The summed E-state index contributed by atoms with van der Waals surface area (Å²) in [7, 11) is 0. The van der Waals surface area contributed by atoms with Gasteiger partial charge >= 0.3 is 0 Å². The lowest BCUT2D eigenvalue weighted by atomic mass is 9.70. The highest BCUT2D eigenvalue weighted by Crippen LogP contribution is 2.64. The van der Waals surface area contributed by atoms with Crippen molar-refractivity contribution >= 4 is 64.6 Å². The lowest BCUT2D eigenvalue weighted by molar-refractivity contribution is 0.795. The lowest BCUT2D eigenvalue weighted by Crippen LogP contribution is -2.25. The Labute approximate surface area is 341 Å². The smallest absolute Gasteiger partial charge is 0.0622 e. The summed E-state index contributed by atoms with van der Waals surface area (Å²) in [4.78, 5) is 0. The molecule has 2 aliphatic carbocycles. The molecule has 270 valence electrons. The molecule has 14 rings (SSSR count). The molecule has 0 aliphatic heterocycles. The summed E-state index contributed by atoms with van der Waals surface area (Å²) in [5.74, 6) is 0. The zero-order chi connectivity index (χ0) is 38.4. The number of rotatable bonds is 2. The van der Waals surface area contributed by atoms with E-state index in [-0.39, 0.29) is 0 Å². The topological polar surface area (TPSA) is 0 Å². The monoisotopic (exact) mass is 742 g/mol. The Hall–Kier alpha value is -7.54. The minimum Gasteiger partial charge on any atom is -0.0622 e. The van der Waals surface area contributed by atoms with Gasteiger partial charge in [0.05, 0.1) is 5.41 Å².